The van der Waals surface area contributed by atoms with Gasteiger partial charge in [-0.25, -0.2) is 4.99 Å². The second-order valence-electron chi connectivity index (χ2n) is 5.40. The first-order valence-corrected chi connectivity index (χ1v) is 9.94. The summed E-state index contributed by atoms with van der Waals surface area (Å²) in [5.41, 5.74) is 2.62. The number of rotatable bonds is 10. The van der Waals surface area contributed by atoms with Gasteiger partial charge in [-0.05, 0) is 37.4 Å². The summed E-state index contributed by atoms with van der Waals surface area (Å²) in [6, 6.07) is 8.76. The van der Waals surface area contributed by atoms with E-state index in [9.17, 15) is 0 Å². The fourth-order valence-corrected chi connectivity index (χ4v) is 2.62. The summed E-state index contributed by atoms with van der Waals surface area (Å²) < 4.78 is 0. The Morgan fingerprint density at radius 2 is 1.87 bits per heavy atom. The van der Waals surface area contributed by atoms with E-state index in [0.29, 0.717) is 6.54 Å². The zero-order valence-electron chi connectivity index (χ0n) is 15.1. The van der Waals surface area contributed by atoms with Crippen molar-refractivity contribution < 1.29 is 0 Å². The number of hydrogen-bond donors (Lipinski definition) is 2. The molecule has 0 saturated carbocycles. The van der Waals surface area contributed by atoms with Crippen molar-refractivity contribution in [3.05, 3.63) is 35.4 Å². The largest absolute Gasteiger partial charge is 0.357 e. The highest BCUT2D eigenvalue weighted by atomic mass is 32.2. The van der Waals surface area contributed by atoms with Gasteiger partial charge in [-0.2, -0.15) is 11.8 Å². The van der Waals surface area contributed by atoms with Crippen LogP contribution in [-0.4, -0.2) is 49.0 Å². The van der Waals surface area contributed by atoms with E-state index < -0.39 is 0 Å². The van der Waals surface area contributed by atoms with Gasteiger partial charge in [0, 0.05) is 25.4 Å². The minimum absolute atomic E-state index is 0.709. The zero-order chi connectivity index (χ0) is 16.9. The van der Waals surface area contributed by atoms with Gasteiger partial charge in [-0.1, -0.05) is 38.1 Å². The molecule has 0 bridgehead atoms. The average molecular weight is 337 g/mol. The van der Waals surface area contributed by atoms with Gasteiger partial charge >= 0.3 is 0 Å². The third-order valence-corrected chi connectivity index (χ3v) is 4.27. The molecule has 0 radical (unpaired) electrons. The second-order valence-corrected chi connectivity index (χ2v) is 6.38. The van der Waals surface area contributed by atoms with Gasteiger partial charge in [0.1, 0.15) is 0 Å². The van der Waals surface area contributed by atoms with Gasteiger partial charge in [0.2, 0.25) is 0 Å². The Morgan fingerprint density at radius 1 is 1.13 bits per heavy atom. The average Bonchev–Trinajstić information content (AvgIpc) is 2.58. The monoisotopic (exact) mass is 336 g/mol. The maximum absolute atomic E-state index is 4.69. The van der Waals surface area contributed by atoms with Crippen LogP contribution in [-0.2, 0) is 13.1 Å². The molecule has 0 saturated heterocycles. The predicted octanol–water partition coefficient (Wildman–Crippen LogP) is 2.95. The molecule has 130 valence electrons. The number of nitrogens with one attached hydrogen (secondary N) is 2. The molecule has 0 heterocycles. The van der Waals surface area contributed by atoms with Crippen molar-refractivity contribution in [1.82, 2.24) is 15.5 Å². The van der Waals surface area contributed by atoms with Crippen LogP contribution >= 0.6 is 11.8 Å². The number of guanidine groups is 1. The number of hydrogen-bond acceptors (Lipinski definition) is 3. The van der Waals surface area contributed by atoms with Crippen molar-refractivity contribution in [2.24, 2.45) is 4.99 Å². The van der Waals surface area contributed by atoms with Crippen LogP contribution in [0.2, 0.25) is 0 Å². The molecule has 5 heteroatoms. The summed E-state index contributed by atoms with van der Waals surface area (Å²) >= 11 is 1.84. The fourth-order valence-electron chi connectivity index (χ4n) is 2.32. The Morgan fingerprint density at radius 3 is 2.52 bits per heavy atom. The molecule has 2 N–H and O–H groups in total. The lowest BCUT2D eigenvalue weighted by atomic mass is 10.1. The van der Waals surface area contributed by atoms with Crippen LogP contribution in [0.25, 0.3) is 0 Å². The molecule has 0 aliphatic carbocycles. The van der Waals surface area contributed by atoms with Crippen molar-refractivity contribution in [1.29, 1.82) is 0 Å². The molecule has 23 heavy (non-hydrogen) atoms. The molecule has 0 aliphatic rings. The van der Waals surface area contributed by atoms with E-state index in [2.05, 4.69) is 71.8 Å². The van der Waals surface area contributed by atoms with Gasteiger partial charge in [0.25, 0.3) is 0 Å². The first kappa shape index (κ1) is 19.8. The quantitative estimate of drug-likeness (QED) is 0.391. The van der Waals surface area contributed by atoms with Crippen molar-refractivity contribution in [2.45, 2.75) is 33.9 Å². The van der Waals surface area contributed by atoms with E-state index in [4.69, 9.17) is 0 Å². The SMILES string of the molecule is CCNC(=NCc1cccc(CN(CC)CC)c1)NCCSC. The predicted molar refractivity (Wildman–Crippen MR) is 104 cm³/mol. The summed E-state index contributed by atoms with van der Waals surface area (Å²) in [7, 11) is 0. The van der Waals surface area contributed by atoms with Gasteiger partial charge in [-0.15, -0.1) is 0 Å². The molecule has 0 aromatic heterocycles. The van der Waals surface area contributed by atoms with E-state index in [0.717, 1.165) is 44.4 Å². The summed E-state index contributed by atoms with van der Waals surface area (Å²) in [6.45, 7) is 12.2. The molecule has 0 unspecified atom stereocenters. The van der Waals surface area contributed by atoms with E-state index >= 15 is 0 Å². The number of benzene rings is 1. The smallest absolute Gasteiger partial charge is 0.191 e. The van der Waals surface area contributed by atoms with Crippen molar-refractivity contribution in [3.8, 4) is 0 Å². The third kappa shape index (κ3) is 8.28. The Balaban J connectivity index is 2.64. The molecular formula is C18H32N4S. The Bertz CT molecular complexity index is 458. The van der Waals surface area contributed by atoms with Crippen LogP contribution in [0.1, 0.15) is 31.9 Å². The van der Waals surface area contributed by atoms with Crippen molar-refractivity contribution in [3.63, 3.8) is 0 Å². The molecule has 1 aromatic rings. The van der Waals surface area contributed by atoms with Crippen LogP contribution in [0, 0.1) is 0 Å². The first-order chi connectivity index (χ1) is 11.2. The van der Waals surface area contributed by atoms with Gasteiger partial charge in [-0.3, -0.25) is 4.90 Å². The molecule has 0 fully saturated rings. The van der Waals surface area contributed by atoms with Crippen LogP contribution in [0.5, 0.6) is 0 Å². The minimum atomic E-state index is 0.709. The van der Waals surface area contributed by atoms with E-state index in [1.165, 1.54) is 11.1 Å². The highest BCUT2D eigenvalue weighted by molar-refractivity contribution is 7.98. The maximum atomic E-state index is 4.69. The van der Waals surface area contributed by atoms with Crippen LogP contribution in [0.4, 0.5) is 0 Å². The Labute approximate surface area is 146 Å². The summed E-state index contributed by atoms with van der Waals surface area (Å²) in [5.74, 6) is 1.99. The molecule has 1 aromatic carbocycles. The first-order valence-electron chi connectivity index (χ1n) is 8.54. The van der Waals surface area contributed by atoms with Crippen molar-refractivity contribution >= 4 is 17.7 Å². The van der Waals surface area contributed by atoms with E-state index in [-0.39, 0.29) is 0 Å². The van der Waals surface area contributed by atoms with Crippen molar-refractivity contribution in [2.75, 3.05) is 38.2 Å². The summed E-state index contributed by atoms with van der Waals surface area (Å²) in [4.78, 5) is 7.11. The fraction of sp³-hybridized carbons (Fsp3) is 0.611. The number of aliphatic imine (C=N–C) groups is 1. The molecule has 4 nitrogen and oxygen atoms in total. The molecule has 0 amide bonds. The van der Waals surface area contributed by atoms with Gasteiger partial charge in [0.05, 0.1) is 6.54 Å². The zero-order valence-corrected chi connectivity index (χ0v) is 15.9. The molecule has 0 aliphatic heterocycles. The maximum Gasteiger partial charge on any atom is 0.191 e. The van der Waals surface area contributed by atoms with Gasteiger partial charge in [0.15, 0.2) is 5.96 Å². The molecule has 0 atom stereocenters. The van der Waals surface area contributed by atoms with E-state index in [1.807, 2.05) is 11.8 Å². The van der Waals surface area contributed by atoms with Crippen LogP contribution in [0.15, 0.2) is 29.3 Å². The number of thioether (sulfide) groups is 1. The lowest BCUT2D eigenvalue weighted by Crippen LogP contribution is -2.38. The Kier molecular flexibility index (Phi) is 10.6. The van der Waals surface area contributed by atoms with Crippen LogP contribution < -0.4 is 10.6 Å². The Hall–Kier alpha value is -1.20. The number of nitrogens with zero attached hydrogens (tertiary/aromatic N) is 2. The lowest BCUT2D eigenvalue weighted by Gasteiger charge is -2.18. The minimum Gasteiger partial charge on any atom is -0.357 e. The summed E-state index contributed by atoms with van der Waals surface area (Å²) in [5, 5.41) is 6.67. The van der Waals surface area contributed by atoms with Crippen LogP contribution in [0.3, 0.4) is 0 Å². The lowest BCUT2D eigenvalue weighted by molar-refractivity contribution is 0.296. The topological polar surface area (TPSA) is 39.7 Å². The second kappa shape index (κ2) is 12.3. The molecule has 1 rings (SSSR count). The third-order valence-electron chi connectivity index (χ3n) is 3.65. The highest BCUT2D eigenvalue weighted by Gasteiger charge is 2.02. The molecular weight excluding hydrogens is 304 g/mol. The van der Waals surface area contributed by atoms with E-state index in [1.54, 1.807) is 0 Å². The standard InChI is InChI=1S/C18H32N4S/c1-5-19-18(20-11-12-23-4)21-14-16-9-8-10-17(13-16)15-22(6-2)7-3/h8-10,13H,5-7,11-12,14-15H2,1-4H3,(H2,19,20,21). The molecule has 0 spiro atoms. The normalized spacial score (nSPS) is 11.8. The van der Waals surface area contributed by atoms with Gasteiger partial charge < -0.3 is 10.6 Å². The summed E-state index contributed by atoms with van der Waals surface area (Å²) in [6.07, 6.45) is 2.12. The highest BCUT2D eigenvalue weighted by Crippen LogP contribution is 2.09.